The number of nitrogens with zero attached hydrogens (tertiary/aromatic N) is 1. The third-order valence-corrected chi connectivity index (χ3v) is 7.33. The Morgan fingerprint density at radius 3 is 2.61 bits per heavy atom. The first-order valence-electron chi connectivity index (χ1n) is 10.4. The normalized spacial score (nSPS) is 17.2. The molecule has 3 rings (SSSR count). The molecule has 1 fully saturated rings. The van der Waals surface area contributed by atoms with Crippen molar-refractivity contribution in [2.75, 3.05) is 33.4 Å². The SMILES string of the molecule is COc1ccc(S(=O)(=O)N2CCCC(C(=O)NCCOc3cc(C)ccc3C)C2)cc1. The Morgan fingerprint density at radius 1 is 1.16 bits per heavy atom. The van der Waals surface area contributed by atoms with Crippen LogP contribution in [-0.2, 0) is 14.8 Å². The van der Waals surface area contributed by atoms with E-state index in [0.29, 0.717) is 38.3 Å². The van der Waals surface area contributed by atoms with Gasteiger partial charge in [0, 0.05) is 13.1 Å². The summed E-state index contributed by atoms with van der Waals surface area (Å²) in [4.78, 5) is 12.8. The number of amides is 1. The first kappa shape index (κ1) is 23.1. The largest absolute Gasteiger partial charge is 0.497 e. The highest BCUT2D eigenvalue weighted by Crippen LogP contribution is 2.25. The average molecular weight is 447 g/mol. The lowest BCUT2D eigenvalue weighted by molar-refractivity contribution is -0.126. The van der Waals surface area contributed by atoms with E-state index in [0.717, 1.165) is 16.9 Å². The van der Waals surface area contributed by atoms with Crippen LogP contribution in [0.25, 0.3) is 0 Å². The summed E-state index contributed by atoms with van der Waals surface area (Å²) in [6, 6.07) is 12.3. The fourth-order valence-corrected chi connectivity index (χ4v) is 5.14. The number of benzene rings is 2. The fraction of sp³-hybridized carbons (Fsp3) is 0.435. The molecule has 0 radical (unpaired) electrons. The van der Waals surface area contributed by atoms with Gasteiger partial charge in [-0.1, -0.05) is 12.1 Å². The Kier molecular flexibility index (Phi) is 7.56. The lowest BCUT2D eigenvalue weighted by atomic mass is 9.99. The van der Waals surface area contributed by atoms with Crippen LogP contribution in [-0.4, -0.2) is 52.0 Å². The molecule has 0 bridgehead atoms. The molecule has 1 aliphatic rings. The fourth-order valence-electron chi connectivity index (χ4n) is 3.61. The monoisotopic (exact) mass is 446 g/mol. The summed E-state index contributed by atoms with van der Waals surface area (Å²) in [6.45, 7) is 5.30. The standard InChI is InChI=1S/C23H30N2O5S/c1-17-6-7-18(2)22(15-17)30-14-12-24-23(26)19-5-4-13-25(16-19)31(27,28)21-10-8-20(29-3)9-11-21/h6-11,15,19H,4-5,12-14,16H2,1-3H3,(H,24,26). The van der Waals surface area contributed by atoms with Crippen LogP contribution in [0, 0.1) is 19.8 Å². The van der Waals surface area contributed by atoms with Crippen LogP contribution in [0.1, 0.15) is 24.0 Å². The van der Waals surface area contributed by atoms with E-state index in [1.54, 1.807) is 12.1 Å². The molecule has 7 nitrogen and oxygen atoms in total. The molecule has 1 amide bonds. The number of carbonyl (C=O) groups is 1. The summed E-state index contributed by atoms with van der Waals surface area (Å²) in [7, 11) is -2.12. The van der Waals surface area contributed by atoms with Crippen molar-refractivity contribution in [2.24, 2.45) is 5.92 Å². The Morgan fingerprint density at radius 2 is 1.90 bits per heavy atom. The number of piperidine rings is 1. The lowest BCUT2D eigenvalue weighted by Gasteiger charge is -2.31. The Labute approximate surface area is 184 Å². The summed E-state index contributed by atoms with van der Waals surface area (Å²) < 4.78 is 38.2. The van der Waals surface area contributed by atoms with Gasteiger partial charge in [-0.3, -0.25) is 4.79 Å². The maximum Gasteiger partial charge on any atom is 0.243 e. The summed E-state index contributed by atoms with van der Waals surface area (Å²) in [5.41, 5.74) is 2.16. The third kappa shape index (κ3) is 5.77. The van der Waals surface area contributed by atoms with E-state index in [-0.39, 0.29) is 23.3 Å². The molecule has 1 N–H and O–H groups in total. The highest BCUT2D eigenvalue weighted by Gasteiger charge is 2.33. The summed E-state index contributed by atoms with van der Waals surface area (Å²) >= 11 is 0. The number of sulfonamides is 1. The van der Waals surface area contributed by atoms with Gasteiger partial charge in [0.25, 0.3) is 0 Å². The second kappa shape index (κ2) is 10.2. The van der Waals surface area contributed by atoms with E-state index in [2.05, 4.69) is 5.32 Å². The van der Waals surface area contributed by atoms with Crippen molar-refractivity contribution in [2.45, 2.75) is 31.6 Å². The van der Waals surface area contributed by atoms with E-state index in [9.17, 15) is 13.2 Å². The van der Waals surface area contributed by atoms with Crippen molar-refractivity contribution in [3.8, 4) is 11.5 Å². The minimum absolute atomic E-state index is 0.140. The number of rotatable bonds is 8. The number of carbonyl (C=O) groups excluding carboxylic acids is 1. The predicted octanol–water partition coefficient (Wildman–Crippen LogP) is 2.91. The number of hydrogen-bond acceptors (Lipinski definition) is 5. The Hall–Kier alpha value is -2.58. The number of nitrogens with one attached hydrogen (secondary N) is 1. The molecular weight excluding hydrogens is 416 g/mol. The second-order valence-electron chi connectivity index (χ2n) is 7.79. The molecule has 1 saturated heterocycles. The van der Waals surface area contributed by atoms with Crippen LogP contribution >= 0.6 is 0 Å². The minimum atomic E-state index is -3.65. The van der Waals surface area contributed by atoms with Gasteiger partial charge in [0.15, 0.2) is 0 Å². The molecule has 0 saturated carbocycles. The number of ether oxygens (including phenoxy) is 2. The molecule has 8 heteroatoms. The molecule has 31 heavy (non-hydrogen) atoms. The van der Waals surface area contributed by atoms with Gasteiger partial charge in [0.1, 0.15) is 18.1 Å². The van der Waals surface area contributed by atoms with E-state index in [1.807, 2.05) is 32.0 Å². The smallest absolute Gasteiger partial charge is 0.243 e. The average Bonchev–Trinajstić information content (AvgIpc) is 2.78. The Bertz CT molecular complexity index is 1010. The van der Waals surface area contributed by atoms with Gasteiger partial charge < -0.3 is 14.8 Å². The molecule has 1 atom stereocenters. The van der Waals surface area contributed by atoms with Crippen LogP contribution in [0.5, 0.6) is 11.5 Å². The highest BCUT2D eigenvalue weighted by atomic mass is 32.2. The first-order valence-corrected chi connectivity index (χ1v) is 11.9. The van der Waals surface area contributed by atoms with Crippen LogP contribution in [0.4, 0.5) is 0 Å². The van der Waals surface area contributed by atoms with Crippen molar-refractivity contribution in [1.29, 1.82) is 0 Å². The van der Waals surface area contributed by atoms with Gasteiger partial charge in [-0.2, -0.15) is 4.31 Å². The van der Waals surface area contributed by atoms with Gasteiger partial charge in [-0.15, -0.1) is 0 Å². The second-order valence-corrected chi connectivity index (χ2v) is 9.72. The Balaban J connectivity index is 1.53. The maximum atomic E-state index is 13.0. The number of methoxy groups -OCH3 is 1. The lowest BCUT2D eigenvalue weighted by Crippen LogP contribution is -2.45. The van der Waals surface area contributed by atoms with Crippen LogP contribution < -0.4 is 14.8 Å². The van der Waals surface area contributed by atoms with Gasteiger partial charge in [-0.05, 0) is 68.1 Å². The molecule has 0 aromatic heterocycles. The molecule has 1 unspecified atom stereocenters. The molecule has 1 aliphatic heterocycles. The zero-order chi connectivity index (χ0) is 22.4. The number of aryl methyl sites for hydroxylation is 2. The van der Waals surface area contributed by atoms with Gasteiger partial charge in [0.2, 0.25) is 15.9 Å². The minimum Gasteiger partial charge on any atom is -0.497 e. The quantitative estimate of drug-likeness (QED) is 0.631. The molecule has 0 aliphatic carbocycles. The van der Waals surface area contributed by atoms with Crippen molar-refractivity contribution in [1.82, 2.24) is 9.62 Å². The topological polar surface area (TPSA) is 84.9 Å². The molecule has 2 aromatic carbocycles. The third-order valence-electron chi connectivity index (χ3n) is 5.45. The van der Waals surface area contributed by atoms with E-state index >= 15 is 0 Å². The maximum absolute atomic E-state index is 13.0. The van der Waals surface area contributed by atoms with Crippen molar-refractivity contribution in [3.05, 3.63) is 53.6 Å². The summed E-state index contributed by atoms with van der Waals surface area (Å²) in [5, 5.41) is 2.88. The van der Waals surface area contributed by atoms with E-state index in [4.69, 9.17) is 9.47 Å². The highest BCUT2D eigenvalue weighted by molar-refractivity contribution is 7.89. The van der Waals surface area contributed by atoms with Crippen LogP contribution in [0.15, 0.2) is 47.4 Å². The van der Waals surface area contributed by atoms with Gasteiger partial charge in [0.05, 0.1) is 24.5 Å². The number of hydrogen-bond donors (Lipinski definition) is 1. The predicted molar refractivity (Wildman–Crippen MR) is 119 cm³/mol. The van der Waals surface area contributed by atoms with Crippen molar-refractivity contribution in [3.63, 3.8) is 0 Å². The molecule has 0 spiro atoms. The molecule has 168 valence electrons. The zero-order valence-corrected chi connectivity index (χ0v) is 19.1. The van der Waals surface area contributed by atoms with Crippen LogP contribution in [0.3, 0.4) is 0 Å². The van der Waals surface area contributed by atoms with Crippen molar-refractivity contribution >= 4 is 15.9 Å². The van der Waals surface area contributed by atoms with Gasteiger partial charge in [-0.25, -0.2) is 8.42 Å². The van der Waals surface area contributed by atoms with Gasteiger partial charge >= 0.3 is 0 Å². The molecule has 1 heterocycles. The van der Waals surface area contributed by atoms with Crippen molar-refractivity contribution < 1.29 is 22.7 Å². The summed E-state index contributed by atoms with van der Waals surface area (Å²) in [6.07, 6.45) is 1.31. The molecular formula is C23H30N2O5S. The van der Waals surface area contributed by atoms with E-state index in [1.165, 1.54) is 23.5 Å². The molecule has 2 aromatic rings. The summed E-state index contributed by atoms with van der Waals surface area (Å²) in [5.74, 6) is 0.892. The van der Waals surface area contributed by atoms with E-state index < -0.39 is 10.0 Å². The first-order chi connectivity index (χ1) is 14.8. The van der Waals surface area contributed by atoms with Crippen LogP contribution in [0.2, 0.25) is 0 Å². The zero-order valence-electron chi connectivity index (χ0n) is 18.3.